The number of aryl methyl sites for hydroxylation is 1. The second kappa shape index (κ2) is 8.43. The molecular formula is C19H22ClN3O4. The summed E-state index contributed by atoms with van der Waals surface area (Å²) in [5.41, 5.74) is 0.380. The van der Waals surface area contributed by atoms with Crippen LogP contribution in [0.25, 0.3) is 0 Å². The molecule has 1 amide bonds. The van der Waals surface area contributed by atoms with Crippen LogP contribution in [0.3, 0.4) is 0 Å². The quantitative estimate of drug-likeness (QED) is 0.789. The molecule has 1 saturated heterocycles. The molecule has 0 radical (unpaired) electrons. The highest BCUT2D eigenvalue weighted by Gasteiger charge is 2.26. The van der Waals surface area contributed by atoms with Gasteiger partial charge in [-0.2, -0.15) is 0 Å². The molecule has 27 heavy (non-hydrogen) atoms. The Hall–Kier alpha value is -2.54. The molecule has 0 bridgehead atoms. The number of pyridine rings is 1. The zero-order valence-electron chi connectivity index (χ0n) is 15.3. The van der Waals surface area contributed by atoms with Gasteiger partial charge in [-0.05, 0) is 38.0 Å². The average molecular weight is 392 g/mol. The van der Waals surface area contributed by atoms with Crippen molar-refractivity contribution in [3.8, 4) is 0 Å². The van der Waals surface area contributed by atoms with E-state index in [1.807, 2.05) is 12.1 Å². The number of hydrogen-bond donors (Lipinski definition) is 1. The van der Waals surface area contributed by atoms with Gasteiger partial charge in [0.15, 0.2) is 0 Å². The molecule has 1 N–H and O–H groups in total. The summed E-state index contributed by atoms with van der Waals surface area (Å²) in [5.74, 6) is 1.38. The van der Waals surface area contributed by atoms with Crippen LogP contribution in [0, 0.1) is 12.8 Å². The number of ether oxygens (including phenoxy) is 1. The van der Waals surface area contributed by atoms with Gasteiger partial charge in [-0.25, -0.2) is 9.78 Å². The van der Waals surface area contributed by atoms with Crippen molar-refractivity contribution in [2.24, 2.45) is 5.92 Å². The first-order chi connectivity index (χ1) is 13.0. The molecule has 0 aliphatic carbocycles. The minimum atomic E-state index is -0.447. The van der Waals surface area contributed by atoms with Gasteiger partial charge in [0, 0.05) is 25.2 Å². The van der Waals surface area contributed by atoms with Gasteiger partial charge in [-0.1, -0.05) is 11.6 Å². The van der Waals surface area contributed by atoms with Crippen molar-refractivity contribution in [2.75, 3.05) is 25.1 Å². The van der Waals surface area contributed by atoms with Crippen molar-refractivity contribution in [1.82, 2.24) is 10.3 Å². The molecule has 0 aromatic carbocycles. The van der Waals surface area contributed by atoms with Crippen LogP contribution in [0.1, 0.15) is 34.7 Å². The van der Waals surface area contributed by atoms with Crippen LogP contribution in [-0.4, -0.2) is 37.1 Å². The lowest BCUT2D eigenvalue weighted by atomic mass is 9.96. The molecule has 1 aliphatic heterocycles. The number of methoxy groups -OCH3 is 1. The highest BCUT2D eigenvalue weighted by molar-refractivity contribution is 6.30. The molecular weight excluding hydrogens is 370 g/mol. The topological polar surface area (TPSA) is 84.7 Å². The van der Waals surface area contributed by atoms with Crippen molar-refractivity contribution in [3.63, 3.8) is 0 Å². The van der Waals surface area contributed by atoms with Crippen molar-refractivity contribution in [3.05, 3.63) is 46.5 Å². The molecule has 0 atom stereocenters. The number of carbonyl (C=O) groups is 2. The van der Waals surface area contributed by atoms with E-state index in [4.69, 9.17) is 20.8 Å². The van der Waals surface area contributed by atoms with Crippen LogP contribution in [-0.2, 0) is 16.1 Å². The minimum absolute atomic E-state index is 0.00705. The fraction of sp³-hybridized carbons (Fsp3) is 0.421. The van der Waals surface area contributed by atoms with E-state index in [-0.39, 0.29) is 18.4 Å². The normalized spacial score (nSPS) is 14.9. The first-order valence-corrected chi connectivity index (χ1v) is 9.17. The van der Waals surface area contributed by atoms with E-state index < -0.39 is 5.97 Å². The van der Waals surface area contributed by atoms with E-state index in [0.717, 1.165) is 31.7 Å². The number of carbonyl (C=O) groups excluding carboxylic acids is 2. The molecule has 0 spiro atoms. The summed E-state index contributed by atoms with van der Waals surface area (Å²) in [6, 6.07) is 5.31. The fourth-order valence-electron chi connectivity index (χ4n) is 3.19. The van der Waals surface area contributed by atoms with Crippen LogP contribution < -0.4 is 10.2 Å². The van der Waals surface area contributed by atoms with Gasteiger partial charge in [0.2, 0.25) is 5.91 Å². The van der Waals surface area contributed by atoms with Crippen molar-refractivity contribution < 1.29 is 18.7 Å². The number of nitrogens with one attached hydrogen (secondary N) is 1. The Balaban J connectivity index is 1.50. The summed E-state index contributed by atoms with van der Waals surface area (Å²) >= 11 is 5.87. The first kappa shape index (κ1) is 19.2. The Bertz CT molecular complexity index is 811. The third kappa shape index (κ3) is 4.60. The summed E-state index contributed by atoms with van der Waals surface area (Å²) in [6.07, 6.45) is 3.13. The molecule has 144 valence electrons. The number of anilines is 1. The van der Waals surface area contributed by atoms with Crippen LogP contribution >= 0.6 is 11.6 Å². The number of piperidine rings is 1. The molecule has 2 aromatic heterocycles. The SMILES string of the molecule is COC(=O)c1cc(CNC(=O)C2CCN(c3ccc(Cl)cn3)CC2)oc1C. The molecule has 3 rings (SSSR count). The molecule has 2 aromatic rings. The highest BCUT2D eigenvalue weighted by Crippen LogP contribution is 2.23. The number of amides is 1. The lowest BCUT2D eigenvalue weighted by Gasteiger charge is -2.32. The summed E-state index contributed by atoms with van der Waals surface area (Å²) in [5, 5.41) is 3.50. The minimum Gasteiger partial charge on any atom is -0.465 e. The van der Waals surface area contributed by atoms with Gasteiger partial charge in [-0.3, -0.25) is 4.79 Å². The fourth-order valence-corrected chi connectivity index (χ4v) is 3.30. The van der Waals surface area contributed by atoms with Gasteiger partial charge in [0.25, 0.3) is 0 Å². The van der Waals surface area contributed by atoms with E-state index in [2.05, 4.69) is 15.2 Å². The van der Waals surface area contributed by atoms with Crippen LogP contribution in [0.15, 0.2) is 28.8 Å². The lowest BCUT2D eigenvalue weighted by Crippen LogP contribution is -2.40. The maximum atomic E-state index is 12.4. The first-order valence-electron chi connectivity index (χ1n) is 8.79. The van der Waals surface area contributed by atoms with Crippen LogP contribution in [0.5, 0.6) is 0 Å². The van der Waals surface area contributed by atoms with E-state index in [0.29, 0.717) is 22.1 Å². The third-order valence-electron chi connectivity index (χ3n) is 4.71. The lowest BCUT2D eigenvalue weighted by molar-refractivity contribution is -0.125. The number of aromatic nitrogens is 1. The summed E-state index contributed by atoms with van der Waals surface area (Å²) in [4.78, 5) is 30.5. The average Bonchev–Trinajstić information content (AvgIpc) is 3.07. The third-order valence-corrected chi connectivity index (χ3v) is 4.94. The molecule has 0 unspecified atom stereocenters. The van der Waals surface area contributed by atoms with E-state index in [9.17, 15) is 9.59 Å². The molecule has 1 fully saturated rings. The van der Waals surface area contributed by atoms with E-state index in [1.54, 1.807) is 19.2 Å². The Morgan fingerprint density at radius 2 is 2.11 bits per heavy atom. The Morgan fingerprint density at radius 1 is 1.37 bits per heavy atom. The summed E-state index contributed by atoms with van der Waals surface area (Å²) < 4.78 is 10.2. The maximum absolute atomic E-state index is 12.4. The predicted molar refractivity (Wildman–Crippen MR) is 101 cm³/mol. The Labute approximate surface area is 162 Å². The zero-order valence-corrected chi connectivity index (χ0v) is 16.1. The van der Waals surface area contributed by atoms with Crippen LogP contribution in [0.2, 0.25) is 5.02 Å². The highest BCUT2D eigenvalue weighted by atomic mass is 35.5. The predicted octanol–water partition coefficient (Wildman–Crippen LogP) is 2.96. The smallest absolute Gasteiger partial charge is 0.341 e. The van der Waals surface area contributed by atoms with Crippen LogP contribution in [0.4, 0.5) is 5.82 Å². The van der Waals surface area contributed by atoms with Gasteiger partial charge < -0.3 is 19.4 Å². The number of rotatable bonds is 5. The Morgan fingerprint density at radius 3 is 2.74 bits per heavy atom. The van der Waals surface area contributed by atoms with E-state index >= 15 is 0 Å². The monoisotopic (exact) mass is 391 g/mol. The summed E-state index contributed by atoms with van der Waals surface area (Å²) in [6.45, 7) is 3.46. The molecule has 7 nitrogen and oxygen atoms in total. The molecule has 3 heterocycles. The Kier molecular flexibility index (Phi) is 6.01. The second-order valence-corrected chi connectivity index (χ2v) is 6.92. The van der Waals surface area contributed by atoms with Gasteiger partial charge in [0.1, 0.15) is 22.9 Å². The molecule has 1 aliphatic rings. The molecule has 8 heteroatoms. The number of halogens is 1. The number of esters is 1. The standard InChI is InChI=1S/C19H22ClN3O4/c1-12-16(19(25)26-2)9-15(27-12)11-22-18(24)13-5-7-23(8-6-13)17-4-3-14(20)10-21-17/h3-4,9-10,13H,5-8,11H2,1-2H3,(H,22,24). The van der Waals surface area contributed by atoms with Crippen molar-refractivity contribution in [2.45, 2.75) is 26.3 Å². The van der Waals surface area contributed by atoms with Gasteiger partial charge >= 0.3 is 5.97 Å². The summed E-state index contributed by atoms with van der Waals surface area (Å²) in [7, 11) is 1.32. The number of furan rings is 1. The largest absolute Gasteiger partial charge is 0.465 e. The van der Waals surface area contributed by atoms with Gasteiger partial charge in [0.05, 0.1) is 18.7 Å². The van der Waals surface area contributed by atoms with Crippen molar-refractivity contribution in [1.29, 1.82) is 0 Å². The zero-order chi connectivity index (χ0) is 19.4. The van der Waals surface area contributed by atoms with Gasteiger partial charge in [-0.15, -0.1) is 0 Å². The van der Waals surface area contributed by atoms with E-state index in [1.165, 1.54) is 7.11 Å². The number of hydrogen-bond acceptors (Lipinski definition) is 6. The molecule has 0 saturated carbocycles. The van der Waals surface area contributed by atoms with Crippen molar-refractivity contribution >= 4 is 29.3 Å². The maximum Gasteiger partial charge on any atom is 0.341 e. The second-order valence-electron chi connectivity index (χ2n) is 6.49. The number of nitrogens with zero attached hydrogens (tertiary/aromatic N) is 2.